The van der Waals surface area contributed by atoms with E-state index < -0.39 is 33.0 Å². The van der Waals surface area contributed by atoms with Gasteiger partial charge in [-0.05, 0) is 38.1 Å². The van der Waals surface area contributed by atoms with E-state index in [0.29, 0.717) is 0 Å². The largest absolute Gasteiger partial charge is 0.480 e. The van der Waals surface area contributed by atoms with E-state index in [1.807, 2.05) is 0 Å². The van der Waals surface area contributed by atoms with Crippen molar-refractivity contribution < 1.29 is 27.9 Å². The lowest BCUT2D eigenvalue weighted by atomic mass is 10.1. The number of hydrogen-bond donors (Lipinski definition) is 1. The van der Waals surface area contributed by atoms with Crippen molar-refractivity contribution in [1.82, 2.24) is 4.90 Å². The Kier molecular flexibility index (Phi) is 5.29. The summed E-state index contributed by atoms with van der Waals surface area (Å²) in [4.78, 5) is 25.3. The Morgan fingerprint density at radius 1 is 1.25 bits per heavy atom. The fraction of sp³-hybridized carbons (Fsp3) is 0.500. The molecule has 0 saturated carbocycles. The van der Waals surface area contributed by atoms with E-state index in [2.05, 4.69) is 0 Å². The first kappa shape index (κ1) is 18.4. The molecule has 2 unspecified atom stereocenters. The number of amides is 1. The lowest BCUT2D eigenvalue weighted by Gasteiger charge is -2.21. The first-order valence-electron chi connectivity index (χ1n) is 7.59. The second-order valence-electron chi connectivity index (χ2n) is 6.02. The fourth-order valence-corrected chi connectivity index (χ4v) is 3.71. The Morgan fingerprint density at radius 2 is 1.83 bits per heavy atom. The molecule has 1 heterocycles. The Hall–Kier alpha value is -1.93. The van der Waals surface area contributed by atoms with Crippen LogP contribution in [0.15, 0.2) is 29.2 Å². The Balaban J connectivity index is 2.25. The topological polar surface area (TPSA) is 101 Å². The van der Waals surface area contributed by atoms with Crippen LogP contribution in [-0.2, 0) is 19.4 Å². The second-order valence-corrected chi connectivity index (χ2v) is 8.53. The summed E-state index contributed by atoms with van der Waals surface area (Å²) in [6.45, 7) is 3.36. The zero-order chi connectivity index (χ0) is 18.1. The maximum absolute atomic E-state index is 12.6. The molecule has 132 valence electrons. The molecule has 8 heteroatoms. The molecule has 1 aromatic carbocycles. The fourth-order valence-electron chi connectivity index (χ4n) is 2.65. The van der Waals surface area contributed by atoms with E-state index in [4.69, 9.17) is 4.74 Å². The summed E-state index contributed by atoms with van der Waals surface area (Å²) >= 11 is 0. The van der Waals surface area contributed by atoms with Gasteiger partial charge in [0.1, 0.15) is 6.04 Å². The van der Waals surface area contributed by atoms with Crippen LogP contribution >= 0.6 is 0 Å². The minimum Gasteiger partial charge on any atom is -0.480 e. The molecule has 1 amide bonds. The maximum atomic E-state index is 12.6. The lowest BCUT2D eigenvalue weighted by Crippen LogP contribution is -2.40. The van der Waals surface area contributed by atoms with Crippen molar-refractivity contribution in [1.29, 1.82) is 0 Å². The summed E-state index contributed by atoms with van der Waals surface area (Å²) in [5.41, 5.74) is 0.251. The maximum Gasteiger partial charge on any atom is 0.326 e. The minimum atomic E-state index is -3.41. The molecule has 1 fully saturated rings. The predicted octanol–water partition coefficient (Wildman–Crippen LogP) is 1.18. The van der Waals surface area contributed by atoms with E-state index in [9.17, 15) is 23.1 Å². The van der Waals surface area contributed by atoms with Gasteiger partial charge in [0.2, 0.25) is 0 Å². The molecule has 0 bridgehead atoms. The first-order chi connectivity index (χ1) is 11.2. The van der Waals surface area contributed by atoms with Crippen molar-refractivity contribution in [2.24, 2.45) is 0 Å². The van der Waals surface area contributed by atoms with Gasteiger partial charge < -0.3 is 14.7 Å². The number of rotatable bonds is 5. The van der Waals surface area contributed by atoms with Crippen LogP contribution in [-0.4, -0.2) is 61.4 Å². The van der Waals surface area contributed by atoms with Gasteiger partial charge in [0.05, 0.1) is 16.2 Å². The van der Waals surface area contributed by atoms with Gasteiger partial charge in [-0.3, -0.25) is 4.79 Å². The second kappa shape index (κ2) is 6.90. The predicted molar refractivity (Wildman–Crippen MR) is 86.6 cm³/mol. The lowest BCUT2D eigenvalue weighted by molar-refractivity contribution is -0.141. The van der Waals surface area contributed by atoms with Crippen LogP contribution in [0.3, 0.4) is 0 Å². The molecule has 0 spiro atoms. The van der Waals surface area contributed by atoms with E-state index in [-0.39, 0.29) is 29.5 Å². The highest BCUT2D eigenvalue weighted by Crippen LogP contribution is 2.24. The van der Waals surface area contributed by atoms with Gasteiger partial charge in [-0.1, -0.05) is 0 Å². The van der Waals surface area contributed by atoms with Crippen LogP contribution in [0.25, 0.3) is 0 Å². The van der Waals surface area contributed by atoms with Gasteiger partial charge in [0.25, 0.3) is 5.91 Å². The Labute approximate surface area is 141 Å². The zero-order valence-corrected chi connectivity index (χ0v) is 14.6. The molecule has 0 aliphatic carbocycles. The molecular weight excluding hydrogens is 334 g/mol. The van der Waals surface area contributed by atoms with Gasteiger partial charge in [0, 0.05) is 25.6 Å². The van der Waals surface area contributed by atoms with Crippen LogP contribution < -0.4 is 0 Å². The Morgan fingerprint density at radius 3 is 2.29 bits per heavy atom. The molecule has 0 aromatic heterocycles. The van der Waals surface area contributed by atoms with Crippen molar-refractivity contribution in [3.05, 3.63) is 29.8 Å². The van der Waals surface area contributed by atoms with Gasteiger partial charge in [-0.15, -0.1) is 0 Å². The smallest absolute Gasteiger partial charge is 0.326 e. The molecule has 1 saturated heterocycles. The Bertz CT molecular complexity index is 725. The zero-order valence-electron chi connectivity index (χ0n) is 13.8. The SMILES string of the molecule is COC1CC(C(=O)O)N(C(=O)c2ccc(S(=O)(=O)C(C)C)cc2)C1. The summed E-state index contributed by atoms with van der Waals surface area (Å²) in [5.74, 6) is -1.53. The average molecular weight is 355 g/mol. The number of carbonyl (C=O) groups excluding carboxylic acids is 1. The number of carboxylic acids is 1. The van der Waals surface area contributed by atoms with Crippen molar-refractivity contribution in [2.75, 3.05) is 13.7 Å². The van der Waals surface area contributed by atoms with Crippen molar-refractivity contribution in [3.8, 4) is 0 Å². The number of likely N-dealkylation sites (tertiary alicyclic amines) is 1. The summed E-state index contributed by atoms with van der Waals surface area (Å²) in [6.07, 6.45) is -0.0900. The van der Waals surface area contributed by atoms with Crippen LogP contribution in [0.4, 0.5) is 0 Å². The number of carboxylic acid groups (broad SMARTS) is 1. The number of aliphatic carboxylic acids is 1. The average Bonchev–Trinajstić information content (AvgIpc) is 2.98. The number of ether oxygens (including phenoxy) is 1. The molecule has 24 heavy (non-hydrogen) atoms. The quantitative estimate of drug-likeness (QED) is 0.851. The molecule has 0 radical (unpaired) electrons. The van der Waals surface area contributed by atoms with Gasteiger partial charge in [-0.25, -0.2) is 13.2 Å². The number of sulfone groups is 1. The summed E-state index contributed by atoms with van der Waals surface area (Å²) in [5, 5.41) is 8.72. The van der Waals surface area contributed by atoms with Crippen molar-refractivity contribution >= 4 is 21.7 Å². The molecule has 1 aromatic rings. The van der Waals surface area contributed by atoms with Crippen molar-refractivity contribution in [2.45, 2.75) is 42.6 Å². The summed E-state index contributed by atoms with van der Waals surface area (Å²) < 4.78 is 29.4. The number of methoxy groups -OCH3 is 1. The molecule has 1 aliphatic heterocycles. The molecule has 1 aliphatic rings. The van der Waals surface area contributed by atoms with Crippen molar-refractivity contribution in [3.63, 3.8) is 0 Å². The highest BCUT2D eigenvalue weighted by Gasteiger charge is 2.40. The normalized spacial score (nSPS) is 21.2. The van der Waals surface area contributed by atoms with E-state index in [0.717, 1.165) is 0 Å². The number of benzene rings is 1. The highest BCUT2D eigenvalue weighted by molar-refractivity contribution is 7.92. The van der Waals surface area contributed by atoms with E-state index in [1.165, 1.54) is 36.3 Å². The standard InChI is InChI=1S/C16H21NO6S/c1-10(2)24(21,22)13-6-4-11(5-7-13)15(18)17-9-12(23-3)8-14(17)16(19)20/h4-7,10,12,14H,8-9H2,1-3H3,(H,19,20). The molecule has 2 rings (SSSR count). The molecular formula is C16H21NO6S. The first-order valence-corrected chi connectivity index (χ1v) is 9.13. The van der Waals surface area contributed by atoms with Crippen LogP contribution in [0, 0.1) is 0 Å². The minimum absolute atomic E-state index is 0.139. The molecule has 1 N–H and O–H groups in total. The van der Waals surface area contributed by atoms with Crippen LogP contribution in [0.2, 0.25) is 0 Å². The third-order valence-electron chi connectivity index (χ3n) is 4.19. The summed E-state index contributed by atoms with van der Waals surface area (Å²) in [6, 6.07) is 4.64. The summed E-state index contributed by atoms with van der Waals surface area (Å²) in [7, 11) is -1.94. The van der Waals surface area contributed by atoms with Crippen LogP contribution in [0.5, 0.6) is 0 Å². The molecule has 7 nitrogen and oxygen atoms in total. The van der Waals surface area contributed by atoms with Crippen LogP contribution in [0.1, 0.15) is 30.6 Å². The van der Waals surface area contributed by atoms with E-state index in [1.54, 1.807) is 13.8 Å². The monoisotopic (exact) mass is 355 g/mol. The number of nitrogens with zero attached hydrogens (tertiary/aromatic N) is 1. The van der Waals surface area contributed by atoms with Gasteiger partial charge in [-0.2, -0.15) is 0 Å². The molecule has 2 atom stereocenters. The van der Waals surface area contributed by atoms with Gasteiger partial charge in [0.15, 0.2) is 9.84 Å². The highest BCUT2D eigenvalue weighted by atomic mass is 32.2. The number of carbonyl (C=O) groups is 2. The van der Waals surface area contributed by atoms with E-state index >= 15 is 0 Å². The third-order valence-corrected chi connectivity index (χ3v) is 6.36. The van der Waals surface area contributed by atoms with Gasteiger partial charge >= 0.3 is 5.97 Å². The third kappa shape index (κ3) is 3.44. The number of hydrogen-bond acceptors (Lipinski definition) is 5.